The molecular weight excluding hydrogens is 348 g/mol. The van der Waals surface area contributed by atoms with Crippen LogP contribution in [0.4, 0.5) is 4.79 Å². The average molecular weight is 387 g/mol. The van der Waals surface area contributed by atoms with Crippen molar-refractivity contribution in [2.75, 3.05) is 40.0 Å². The molecule has 158 valence electrons. The van der Waals surface area contributed by atoms with Crippen LogP contribution in [0.15, 0.2) is 4.99 Å². The summed E-state index contributed by atoms with van der Waals surface area (Å²) in [6.45, 7) is 11.2. The molecule has 1 rings (SSSR count). The van der Waals surface area contributed by atoms with Crippen LogP contribution in [0.1, 0.15) is 53.4 Å². The van der Waals surface area contributed by atoms with Gasteiger partial charge in [-0.05, 0) is 40.0 Å². The molecule has 1 aliphatic heterocycles. The number of hydrogen-bond donors (Lipinski definition) is 3. The van der Waals surface area contributed by atoms with E-state index in [1.165, 1.54) is 0 Å². The number of alkyl carbamates (subject to hydrolysis) is 1. The first-order valence-electron chi connectivity index (χ1n) is 9.97. The predicted octanol–water partition coefficient (Wildman–Crippen LogP) is 2.04. The Balaban J connectivity index is 2.24. The van der Waals surface area contributed by atoms with E-state index in [4.69, 9.17) is 14.2 Å². The molecule has 8 heteroatoms. The summed E-state index contributed by atoms with van der Waals surface area (Å²) in [5.41, 5.74) is -0.501. The van der Waals surface area contributed by atoms with Gasteiger partial charge in [0.15, 0.2) is 5.96 Å². The second-order valence-electron chi connectivity index (χ2n) is 7.72. The van der Waals surface area contributed by atoms with Gasteiger partial charge >= 0.3 is 6.09 Å². The molecule has 0 saturated carbocycles. The zero-order valence-electron chi connectivity index (χ0n) is 17.6. The van der Waals surface area contributed by atoms with E-state index < -0.39 is 11.7 Å². The molecule has 0 bridgehead atoms. The van der Waals surface area contributed by atoms with Crippen molar-refractivity contribution in [1.82, 2.24) is 16.0 Å². The summed E-state index contributed by atoms with van der Waals surface area (Å²) in [5.74, 6) is 0.714. The van der Waals surface area contributed by atoms with Gasteiger partial charge in [0.1, 0.15) is 5.60 Å². The fourth-order valence-electron chi connectivity index (χ4n) is 2.66. The maximum Gasteiger partial charge on any atom is 0.407 e. The summed E-state index contributed by atoms with van der Waals surface area (Å²) in [5, 5.41) is 9.45. The van der Waals surface area contributed by atoms with Crippen LogP contribution in [0.3, 0.4) is 0 Å². The third kappa shape index (κ3) is 11.7. The quantitative estimate of drug-likeness (QED) is 0.302. The van der Waals surface area contributed by atoms with Crippen molar-refractivity contribution in [2.45, 2.75) is 71.1 Å². The molecule has 0 aromatic heterocycles. The van der Waals surface area contributed by atoms with Gasteiger partial charge in [-0.15, -0.1) is 0 Å². The molecule has 0 aromatic rings. The maximum absolute atomic E-state index is 12.0. The highest BCUT2D eigenvalue weighted by atomic mass is 16.6. The second kappa shape index (κ2) is 12.8. The lowest BCUT2D eigenvalue weighted by Crippen LogP contribution is -2.48. The number of ether oxygens (including phenoxy) is 3. The van der Waals surface area contributed by atoms with Crippen LogP contribution < -0.4 is 16.0 Å². The molecule has 27 heavy (non-hydrogen) atoms. The Labute approximate surface area is 163 Å². The van der Waals surface area contributed by atoms with Crippen LogP contribution in [-0.2, 0) is 14.2 Å². The Hall–Kier alpha value is -1.54. The van der Waals surface area contributed by atoms with Gasteiger partial charge in [0.05, 0.1) is 12.7 Å². The molecule has 3 N–H and O–H groups in total. The largest absolute Gasteiger partial charge is 0.444 e. The van der Waals surface area contributed by atoms with Crippen molar-refractivity contribution in [1.29, 1.82) is 0 Å². The Morgan fingerprint density at radius 1 is 1.33 bits per heavy atom. The molecule has 0 radical (unpaired) electrons. The van der Waals surface area contributed by atoms with Crippen molar-refractivity contribution in [2.24, 2.45) is 4.99 Å². The van der Waals surface area contributed by atoms with Crippen LogP contribution in [0.5, 0.6) is 0 Å². The summed E-state index contributed by atoms with van der Waals surface area (Å²) >= 11 is 0. The molecule has 1 fully saturated rings. The van der Waals surface area contributed by atoms with E-state index >= 15 is 0 Å². The smallest absolute Gasteiger partial charge is 0.407 e. The second-order valence-corrected chi connectivity index (χ2v) is 7.72. The van der Waals surface area contributed by atoms with Crippen LogP contribution in [-0.4, -0.2) is 69.8 Å². The summed E-state index contributed by atoms with van der Waals surface area (Å²) in [7, 11) is 1.73. The molecule has 2 atom stereocenters. The predicted molar refractivity (Wildman–Crippen MR) is 107 cm³/mol. The number of nitrogens with one attached hydrogen (secondary N) is 3. The minimum Gasteiger partial charge on any atom is -0.444 e. The molecule has 1 aliphatic rings. The van der Waals surface area contributed by atoms with Gasteiger partial charge in [0, 0.05) is 39.4 Å². The van der Waals surface area contributed by atoms with Crippen LogP contribution in [0, 0.1) is 0 Å². The Morgan fingerprint density at radius 3 is 2.70 bits per heavy atom. The van der Waals surface area contributed by atoms with Gasteiger partial charge in [0.2, 0.25) is 0 Å². The highest BCUT2D eigenvalue weighted by Gasteiger charge is 2.19. The highest BCUT2D eigenvalue weighted by molar-refractivity contribution is 5.79. The van der Waals surface area contributed by atoms with Gasteiger partial charge in [-0.2, -0.15) is 0 Å². The van der Waals surface area contributed by atoms with Crippen molar-refractivity contribution in [3.8, 4) is 0 Å². The van der Waals surface area contributed by atoms with E-state index in [0.717, 1.165) is 38.8 Å². The van der Waals surface area contributed by atoms with Gasteiger partial charge in [-0.25, -0.2) is 4.79 Å². The van der Waals surface area contributed by atoms with Gasteiger partial charge in [-0.1, -0.05) is 13.3 Å². The zero-order valence-corrected chi connectivity index (χ0v) is 17.6. The van der Waals surface area contributed by atoms with Crippen molar-refractivity contribution < 1.29 is 19.0 Å². The molecule has 1 amide bonds. The first-order valence-corrected chi connectivity index (χ1v) is 9.97. The minimum absolute atomic E-state index is 0.0194. The number of amides is 1. The molecule has 1 heterocycles. The highest BCUT2D eigenvalue weighted by Crippen LogP contribution is 2.08. The average Bonchev–Trinajstić information content (AvgIpc) is 3.09. The third-order valence-corrected chi connectivity index (χ3v) is 3.95. The fraction of sp³-hybridized carbons (Fsp3) is 0.895. The van der Waals surface area contributed by atoms with Crippen LogP contribution in [0.2, 0.25) is 0 Å². The number of rotatable bonds is 10. The van der Waals surface area contributed by atoms with Crippen molar-refractivity contribution in [3.63, 3.8) is 0 Å². The van der Waals surface area contributed by atoms with Crippen LogP contribution >= 0.6 is 0 Å². The number of nitrogens with zero attached hydrogens (tertiary/aromatic N) is 1. The third-order valence-electron chi connectivity index (χ3n) is 3.95. The number of aliphatic imine (C=N–C) groups is 1. The van der Waals surface area contributed by atoms with E-state index in [-0.39, 0.29) is 12.1 Å². The Bertz CT molecular complexity index is 445. The summed E-state index contributed by atoms with van der Waals surface area (Å²) in [6.07, 6.45) is 3.57. The van der Waals surface area contributed by atoms with Gasteiger partial charge in [0.25, 0.3) is 0 Å². The topological polar surface area (TPSA) is 93.2 Å². The number of carbonyl (C=O) groups excluding carboxylic acids is 1. The zero-order chi connectivity index (χ0) is 20.1. The molecular formula is C19H38N4O4. The van der Waals surface area contributed by atoms with E-state index in [1.807, 2.05) is 20.8 Å². The molecule has 1 saturated heterocycles. The molecule has 2 unspecified atom stereocenters. The summed E-state index contributed by atoms with van der Waals surface area (Å²) < 4.78 is 16.4. The monoisotopic (exact) mass is 386 g/mol. The van der Waals surface area contributed by atoms with Crippen molar-refractivity contribution in [3.05, 3.63) is 0 Å². The van der Waals surface area contributed by atoms with Crippen LogP contribution in [0.25, 0.3) is 0 Å². The van der Waals surface area contributed by atoms with E-state index in [1.54, 1.807) is 7.05 Å². The Morgan fingerprint density at radius 2 is 2.11 bits per heavy atom. The minimum atomic E-state index is -0.501. The van der Waals surface area contributed by atoms with Gasteiger partial charge < -0.3 is 30.2 Å². The molecule has 0 aromatic carbocycles. The molecule has 8 nitrogen and oxygen atoms in total. The lowest BCUT2D eigenvalue weighted by atomic mass is 10.1. The lowest BCUT2D eigenvalue weighted by molar-refractivity contribution is 0.0419. The van der Waals surface area contributed by atoms with Crippen molar-refractivity contribution >= 4 is 12.1 Å². The van der Waals surface area contributed by atoms with E-state index in [2.05, 4.69) is 27.9 Å². The standard InChI is InChI=1S/C19H38N4O4/c1-6-8-15(23-18(24)27-19(2,3)4)13-22-17(20-5)21-10-7-11-26-16-9-12-25-14-16/h15-16H,6-14H2,1-5H3,(H,23,24)(H2,20,21,22). The number of carbonyl (C=O) groups is 1. The summed E-state index contributed by atoms with van der Waals surface area (Å²) in [6, 6.07) is -0.0194. The fourth-order valence-corrected chi connectivity index (χ4v) is 2.66. The number of hydrogen-bond acceptors (Lipinski definition) is 5. The SMILES string of the molecule is CCCC(CNC(=NC)NCCCOC1CCOC1)NC(=O)OC(C)(C)C. The lowest BCUT2D eigenvalue weighted by Gasteiger charge is -2.24. The number of guanidine groups is 1. The van der Waals surface area contributed by atoms with Gasteiger partial charge in [-0.3, -0.25) is 4.99 Å². The van der Waals surface area contributed by atoms with E-state index in [9.17, 15) is 4.79 Å². The normalized spacial score (nSPS) is 18.9. The molecule has 0 aliphatic carbocycles. The summed E-state index contributed by atoms with van der Waals surface area (Å²) in [4.78, 5) is 16.2. The Kier molecular flexibility index (Phi) is 11.1. The maximum atomic E-state index is 12.0. The van der Waals surface area contributed by atoms with E-state index in [0.29, 0.717) is 25.7 Å². The first kappa shape index (κ1) is 23.5. The molecule has 0 spiro atoms. The first-order chi connectivity index (χ1) is 12.8.